The summed E-state index contributed by atoms with van der Waals surface area (Å²) < 4.78 is 0. The third kappa shape index (κ3) is 1.56. The Morgan fingerprint density at radius 3 is 2.53 bits per heavy atom. The van der Waals surface area contributed by atoms with Crippen LogP contribution in [0.1, 0.15) is 25.1 Å². The van der Waals surface area contributed by atoms with Gasteiger partial charge < -0.3 is 4.98 Å². The first-order chi connectivity index (χ1) is 7.27. The first-order valence-corrected chi connectivity index (χ1v) is 5.40. The highest BCUT2D eigenvalue weighted by Gasteiger charge is 2.07. The molecule has 0 saturated heterocycles. The van der Waals surface area contributed by atoms with E-state index in [1.807, 2.05) is 31.2 Å². The largest absolute Gasteiger partial charge is 0.358 e. The summed E-state index contributed by atoms with van der Waals surface area (Å²) in [5, 5.41) is 0.798. The fourth-order valence-corrected chi connectivity index (χ4v) is 2.00. The third-order valence-electron chi connectivity index (χ3n) is 2.80. The molecule has 0 saturated carbocycles. The van der Waals surface area contributed by atoms with E-state index in [9.17, 15) is 4.79 Å². The van der Waals surface area contributed by atoms with Gasteiger partial charge in [-0.25, -0.2) is 0 Å². The molecule has 15 heavy (non-hydrogen) atoms. The molecule has 0 aliphatic heterocycles. The van der Waals surface area contributed by atoms with Crippen molar-refractivity contribution in [2.24, 2.45) is 0 Å². The molecule has 0 unspecified atom stereocenters. The highest BCUT2D eigenvalue weighted by atomic mass is 16.1. The number of H-pyrrole nitrogens is 1. The Labute approximate surface area is 89.0 Å². The maximum Gasteiger partial charge on any atom is 0.192 e. The molecule has 1 heterocycles. The van der Waals surface area contributed by atoms with Gasteiger partial charge in [0, 0.05) is 22.2 Å². The van der Waals surface area contributed by atoms with E-state index < -0.39 is 0 Å². The fourth-order valence-electron chi connectivity index (χ4n) is 2.00. The van der Waals surface area contributed by atoms with Crippen molar-refractivity contribution >= 4 is 10.9 Å². The van der Waals surface area contributed by atoms with E-state index in [0.29, 0.717) is 0 Å². The predicted octanol–water partition coefficient (Wildman–Crippen LogP) is 2.65. The first-order valence-electron chi connectivity index (χ1n) is 5.40. The van der Waals surface area contributed by atoms with Crippen molar-refractivity contribution in [1.29, 1.82) is 0 Å². The van der Waals surface area contributed by atoms with Crippen LogP contribution in [0.3, 0.4) is 0 Å². The number of pyridine rings is 1. The van der Waals surface area contributed by atoms with Crippen molar-refractivity contribution in [2.75, 3.05) is 0 Å². The number of aromatic amines is 1. The lowest BCUT2D eigenvalue weighted by Crippen LogP contribution is -2.13. The Morgan fingerprint density at radius 1 is 1.13 bits per heavy atom. The summed E-state index contributed by atoms with van der Waals surface area (Å²) in [4.78, 5) is 15.5. The zero-order valence-corrected chi connectivity index (χ0v) is 9.13. The standard InChI is InChI=1S/C13H15NO/c1-3-9-11(4-2)14-12-8-6-5-7-10(12)13(9)15/h5-8H,3-4H2,1-2H3,(H,14,15). The van der Waals surface area contributed by atoms with E-state index in [1.54, 1.807) is 0 Å². The van der Waals surface area contributed by atoms with Gasteiger partial charge in [-0.3, -0.25) is 4.79 Å². The van der Waals surface area contributed by atoms with E-state index in [-0.39, 0.29) is 5.43 Å². The highest BCUT2D eigenvalue weighted by molar-refractivity contribution is 5.79. The van der Waals surface area contributed by atoms with Crippen molar-refractivity contribution in [3.8, 4) is 0 Å². The smallest absolute Gasteiger partial charge is 0.192 e. The van der Waals surface area contributed by atoms with Crippen LogP contribution in [0, 0.1) is 0 Å². The van der Waals surface area contributed by atoms with Gasteiger partial charge in [0.15, 0.2) is 5.43 Å². The second-order valence-electron chi connectivity index (χ2n) is 3.66. The monoisotopic (exact) mass is 201 g/mol. The quantitative estimate of drug-likeness (QED) is 0.796. The molecule has 1 aromatic carbocycles. The second-order valence-corrected chi connectivity index (χ2v) is 3.66. The average Bonchev–Trinajstić information content (AvgIpc) is 2.29. The summed E-state index contributed by atoms with van der Waals surface area (Å²) >= 11 is 0. The number of para-hydroxylation sites is 1. The number of hydrogen-bond acceptors (Lipinski definition) is 1. The van der Waals surface area contributed by atoms with Crippen LogP contribution in [-0.2, 0) is 12.8 Å². The van der Waals surface area contributed by atoms with Crippen molar-refractivity contribution in [3.05, 3.63) is 45.7 Å². The average molecular weight is 201 g/mol. The molecule has 0 atom stereocenters. The van der Waals surface area contributed by atoms with Crippen LogP contribution >= 0.6 is 0 Å². The Hall–Kier alpha value is -1.57. The molecular formula is C13H15NO. The molecule has 0 radical (unpaired) electrons. The molecule has 1 aromatic heterocycles. The van der Waals surface area contributed by atoms with Gasteiger partial charge in [-0.2, -0.15) is 0 Å². The minimum absolute atomic E-state index is 0.184. The van der Waals surface area contributed by atoms with Gasteiger partial charge in [-0.1, -0.05) is 26.0 Å². The number of hydrogen-bond donors (Lipinski definition) is 1. The summed E-state index contributed by atoms with van der Waals surface area (Å²) in [6.07, 6.45) is 1.67. The number of fused-ring (bicyclic) bond motifs is 1. The zero-order chi connectivity index (χ0) is 10.8. The summed E-state index contributed by atoms with van der Waals surface area (Å²) in [6.45, 7) is 4.09. The van der Waals surface area contributed by atoms with Crippen LogP contribution in [-0.4, -0.2) is 4.98 Å². The molecule has 2 rings (SSSR count). The van der Waals surface area contributed by atoms with Gasteiger partial charge >= 0.3 is 0 Å². The number of aromatic nitrogens is 1. The molecule has 0 spiro atoms. The zero-order valence-electron chi connectivity index (χ0n) is 9.13. The van der Waals surface area contributed by atoms with Gasteiger partial charge in [0.2, 0.25) is 0 Å². The highest BCUT2D eigenvalue weighted by Crippen LogP contribution is 2.12. The molecule has 0 bridgehead atoms. The lowest BCUT2D eigenvalue weighted by Gasteiger charge is -2.07. The van der Waals surface area contributed by atoms with E-state index >= 15 is 0 Å². The molecule has 0 amide bonds. The molecule has 2 nitrogen and oxygen atoms in total. The van der Waals surface area contributed by atoms with Crippen LogP contribution in [0.2, 0.25) is 0 Å². The summed E-state index contributed by atoms with van der Waals surface area (Å²) in [5.41, 5.74) is 3.12. The maximum absolute atomic E-state index is 12.1. The Morgan fingerprint density at radius 2 is 1.87 bits per heavy atom. The van der Waals surface area contributed by atoms with Crippen LogP contribution in [0.15, 0.2) is 29.1 Å². The first kappa shape index (κ1) is 9.97. The van der Waals surface area contributed by atoms with E-state index in [2.05, 4.69) is 11.9 Å². The number of benzene rings is 1. The predicted molar refractivity (Wildman–Crippen MR) is 63.3 cm³/mol. The SMILES string of the molecule is CCc1[nH]c2ccccc2c(=O)c1CC. The molecule has 0 aliphatic carbocycles. The Bertz CT molecular complexity index is 540. The van der Waals surface area contributed by atoms with E-state index in [4.69, 9.17) is 0 Å². The van der Waals surface area contributed by atoms with Crippen molar-refractivity contribution < 1.29 is 0 Å². The number of rotatable bonds is 2. The molecule has 0 aliphatic rings. The topological polar surface area (TPSA) is 32.9 Å². The molecule has 1 N–H and O–H groups in total. The molecule has 2 heteroatoms. The molecule has 78 valence electrons. The summed E-state index contributed by atoms with van der Waals surface area (Å²) in [6, 6.07) is 7.69. The molecule has 2 aromatic rings. The lowest BCUT2D eigenvalue weighted by atomic mass is 10.0. The van der Waals surface area contributed by atoms with Crippen molar-refractivity contribution in [2.45, 2.75) is 26.7 Å². The minimum atomic E-state index is 0.184. The van der Waals surface area contributed by atoms with Crippen LogP contribution in [0.4, 0.5) is 0 Å². The molecule has 0 fully saturated rings. The lowest BCUT2D eigenvalue weighted by molar-refractivity contribution is 0.971. The van der Waals surface area contributed by atoms with Gasteiger partial charge in [-0.05, 0) is 25.0 Å². The minimum Gasteiger partial charge on any atom is -0.358 e. The van der Waals surface area contributed by atoms with Crippen molar-refractivity contribution in [3.63, 3.8) is 0 Å². The molecular weight excluding hydrogens is 186 g/mol. The normalized spacial score (nSPS) is 10.8. The fraction of sp³-hybridized carbons (Fsp3) is 0.308. The summed E-state index contributed by atoms with van der Waals surface area (Å²) in [5.74, 6) is 0. The number of nitrogens with one attached hydrogen (secondary N) is 1. The maximum atomic E-state index is 12.1. The van der Waals surface area contributed by atoms with Gasteiger partial charge in [0.25, 0.3) is 0 Å². The van der Waals surface area contributed by atoms with E-state index in [0.717, 1.165) is 35.0 Å². The number of aryl methyl sites for hydroxylation is 1. The third-order valence-corrected chi connectivity index (χ3v) is 2.80. The van der Waals surface area contributed by atoms with Crippen LogP contribution in [0.25, 0.3) is 10.9 Å². The van der Waals surface area contributed by atoms with Crippen molar-refractivity contribution in [1.82, 2.24) is 4.98 Å². The Balaban J connectivity index is 2.88. The van der Waals surface area contributed by atoms with Gasteiger partial charge in [-0.15, -0.1) is 0 Å². The van der Waals surface area contributed by atoms with Gasteiger partial charge in [0.05, 0.1) is 0 Å². The van der Waals surface area contributed by atoms with Crippen LogP contribution in [0.5, 0.6) is 0 Å². The van der Waals surface area contributed by atoms with E-state index in [1.165, 1.54) is 0 Å². The Kier molecular flexibility index (Phi) is 2.58. The van der Waals surface area contributed by atoms with Crippen LogP contribution < -0.4 is 5.43 Å². The second kappa shape index (κ2) is 3.89. The van der Waals surface area contributed by atoms with Gasteiger partial charge in [0.1, 0.15) is 0 Å². The summed E-state index contributed by atoms with van der Waals surface area (Å²) in [7, 11) is 0.